The van der Waals surface area contributed by atoms with E-state index < -0.39 is 11.6 Å². The van der Waals surface area contributed by atoms with Gasteiger partial charge in [-0.25, -0.2) is 8.78 Å². The van der Waals surface area contributed by atoms with Gasteiger partial charge >= 0.3 is 0 Å². The molecule has 0 fully saturated rings. The Hall–Kier alpha value is -1.51. The van der Waals surface area contributed by atoms with E-state index in [1.165, 1.54) is 19.2 Å². The Labute approximate surface area is 87.8 Å². The first-order valence-electron chi connectivity index (χ1n) is 4.89. The number of aromatic nitrogens is 1. The van der Waals surface area contributed by atoms with Gasteiger partial charge in [-0.15, -0.1) is 0 Å². The molecule has 15 heavy (non-hydrogen) atoms. The molecule has 0 radical (unpaired) electrons. The summed E-state index contributed by atoms with van der Waals surface area (Å²) in [4.78, 5) is 3.84. The number of fused-ring (bicyclic) bond motifs is 1. The quantitative estimate of drug-likeness (QED) is 0.642. The van der Waals surface area contributed by atoms with E-state index >= 15 is 0 Å². The Bertz CT molecular complexity index is 466. The summed E-state index contributed by atoms with van der Waals surface area (Å²) in [6.07, 6.45) is 1.49. The number of hydrogen-bond donors (Lipinski definition) is 0. The standard InChI is InChI=1S/C10H7F2N.C2H6/c1-6-8(11)5-7-3-2-4-13-10(7)9(6)12;1-2/h2-5H,1H3;1-2H3. The minimum atomic E-state index is -0.574. The van der Waals surface area contributed by atoms with Crippen LogP contribution in [0, 0.1) is 18.6 Å². The lowest BCUT2D eigenvalue weighted by atomic mass is 10.1. The zero-order valence-corrected chi connectivity index (χ0v) is 9.01. The first-order chi connectivity index (χ1) is 7.20. The molecule has 0 N–H and O–H groups in total. The Kier molecular flexibility index (Phi) is 3.72. The van der Waals surface area contributed by atoms with Gasteiger partial charge in [-0.3, -0.25) is 4.98 Å². The SMILES string of the molecule is CC.Cc1c(F)cc2cccnc2c1F. The maximum Gasteiger partial charge on any atom is 0.155 e. The van der Waals surface area contributed by atoms with Crippen molar-refractivity contribution in [2.24, 2.45) is 0 Å². The second-order valence-electron chi connectivity index (χ2n) is 2.87. The van der Waals surface area contributed by atoms with Crippen molar-refractivity contribution in [2.45, 2.75) is 20.8 Å². The highest BCUT2D eigenvalue weighted by Crippen LogP contribution is 2.20. The van der Waals surface area contributed by atoms with Crippen LogP contribution in [0.25, 0.3) is 10.9 Å². The smallest absolute Gasteiger partial charge is 0.155 e. The highest BCUT2D eigenvalue weighted by atomic mass is 19.1. The summed E-state index contributed by atoms with van der Waals surface area (Å²) in [6.45, 7) is 5.40. The first kappa shape index (κ1) is 11.6. The minimum Gasteiger partial charge on any atom is -0.253 e. The molecule has 0 spiro atoms. The van der Waals surface area contributed by atoms with E-state index in [9.17, 15) is 8.78 Å². The topological polar surface area (TPSA) is 12.9 Å². The molecule has 0 unspecified atom stereocenters. The molecule has 3 heteroatoms. The van der Waals surface area contributed by atoms with Crippen LogP contribution in [0.1, 0.15) is 19.4 Å². The van der Waals surface area contributed by atoms with E-state index in [2.05, 4.69) is 4.98 Å². The van der Waals surface area contributed by atoms with Crippen molar-refractivity contribution in [3.63, 3.8) is 0 Å². The lowest BCUT2D eigenvalue weighted by Crippen LogP contribution is -1.92. The Balaban J connectivity index is 0.000000531. The van der Waals surface area contributed by atoms with Gasteiger partial charge in [0.15, 0.2) is 5.82 Å². The summed E-state index contributed by atoms with van der Waals surface area (Å²) in [7, 11) is 0. The zero-order chi connectivity index (χ0) is 11.4. The molecule has 0 atom stereocenters. The molecule has 0 aliphatic carbocycles. The van der Waals surface area contributed by atoms with Gasteiger partial charge in [0.1, 0.15) is 11.3 Å². The Morgan fingerprint density at radius 3 is 2.53 bits per heavy atom. The van der Waals surface area contributed by atoms with Crippen molar-refractivity contribution in [3.8, 4) is 0 Å². The molecule has 1 heterocycles. The summed E-state index contributed by atoms with van der Waals surface area (Å²) < 4.78 is 26.4. The van der Waals surface area contributed by atoms with Crippen LogP contribution >= 0.6 is 0 Å². The first-order valence-corrected chi connectivity index (χ1v) is 4.89. The normalized spacial score (nSPS) is 9.67. The summed E-state index contributed by atoms with van der Waals surface area (Å²) in [5.41, 5.74) is 0.243. The molecule has 0 aliphatic rings. The molecule has 0 saturated heterocycles. The van der Waals surface area contributed by atoms with Crippen LogP contribution in [0.3, 0.4) is 0 Å². The fraction of sp³-hybridized carbons (Fsp3) is 0.250. The number of benzene rings is 1. The van der Waals surface area contributed by atoms with Crippen LogP contribution in [0.4, 0.5) is 8.78 Å². The summed E-state index contributed by atoms with van der Waals surface area (Å²) in [6, 6.07) is 4.57. The number of hydrogen-bond acceptors (Lipinski definition) is 1. The molecule has 1 nitrogen and oxygen atoms in total. The highest BCUT2D eigenvalue weighted by Gasteiger charge is 2.09. The fourth-order valence-corrected chi connectivity index (χ4v) is 1.24. The fourth-order valence-electron chi connectivity index (χ4n) is 1.24. The van der Waals surface area contributed by atoms with Crippen LogP contribution in [-0.4, -0.2) is 4.98 Å². The minimum absolute atomic E-state index is 0.0196. The third-order valence-electron chi connectivity index (χ3n) is 2.02. The molecule has 0 saturated carbocycles. The summed E-state index contributed by atoms with van der Waals surface area (Å²) >= 11 is 0. The Morgan fingerprint density at radius 2 is 1.87 bits per heavy atom. The van der Waals surface area contributed by atoms with Gasteiger partial charge in [0.25, 0.3) is 0 Å². The van der Waals surface area contributed by atoms with E-state index in [-0.39, 0.29) is 11.1 Å². The monoisotopic (exact) mass is 209 g/mol. The molecule has 80 valence electrons. The number of nitrogens with zero attached hydrogens (tertiary/aromatic N) is 1. The number of pyridine rings is 1. The molecule has 0 amide bonds. The van der Waals surface area contributed by atoms with E-state index in [1.807, 2.05) is 13.8 Å². The number of halogens is 2. The predicted molar refractivity (Wildman–Crippen MR) is 57.7 cm³/mol. The van der Waals surface area contributed by atoms with E-state index in [4.69, 9.17) is 0 Å². The number of rotatable bonds is 0. The molecule has 2 rings (SSSR count). The van der Waals surface area contributed by atoms with Gasteiger partial charge in [0.2, 0.25) is 0 Å². The average Bonchev–Trinajstić information content (AvgIpc) is 2.29. The van der Waals surface area contributed by atoms with Gasteiger partial charge in [-0.1, -0.05) is 19.9 Å². The lowest BCUT2D eigenvalue weighted by Gasteiger charge is -2.02. The van der Waals surface area contributed by atoms with Crippen LogP contribution in [-0.2, 0) is 0 Å². The second-order valence-corrected chi connectivity index (χ2v) is 2.87. The van der Waals surface area contributed by atoms with Crippen molar-refractivity contribution in [2.75, 3.05) is 0 Å². The van der Waals surface area contributed by atoms with Crippen molar-refractivity contribution in [1.82, 2.24) is 4.98 Å². The molecular weight excluding hydrogens is 196 g/mol. The van der Waals surface area contributed by atoms with Crippen molar-refractivity contribution >= 4 is 10.9 Å². The van der Waals surface area contributed by atoms with Gasteiger partial charge in [0.05, 0.1) is 0 Å². The lowest BCUT2D eigenvalue weighted by molar-refractivity contribution is 0.575. The van der Waals surface area contributed by atoms with Crippen molar-refractivity contribution in [3.05, 3.63) is 41.6 Å². The summed E-state index contributed by atoms with van der Waals surface area (Å²) in [5.74, 6) is -1.10. The van der Waals surface area contributed by atoms with Gasteiger partial charge in [-0.2, -0.15) is 0 Å². The van der Waals surface area contributed by atoms with Crippen LogP contribution in [0.15, 0.2) is 24.4 Å². The molecule has 0 aliphatic heterocycles. The van der Waals surface area contributed by atoms with Gasteiger partial charge in [-0.05, 0) is 19.1 Å². The third kappa shape index (κ3) is 2.12. The van der Waals surface area contributed by atoms with Crippen molar-refractivity contribution in [1.29, 1.82) is 0 Å². The van der Waals surface area contributed by atoms with Crippen molar-refractivity contribution < 1.29 is 8.78 Å². The highest BCUT2D eigenvalue weighted by molar-refractivity contribution is 5.79. The third-order valence-corrected chi connectivity index (χ3v) is 2.02. The van der Waals surface area contributed by atoms with E-state index in [0.29, 0.717) is 5.39 Å². The van der Waals surface area contributed by atoms with Gasteiger partial charge in [0, 0.05) is 17.1 Å². The largest absolute Gasteiger partial charge is 0.253 e. The van der Waals surface area contributed by atoms with Crippen LogP contribution in [0.2, 0.25) is 0 Å². The maximum absolute atomic E-state index is 13.4. The average molecular weight is 209 g/mol. The van der Waals surface area contributed by atoms with E-state index in [1.54, 1.807) is 12.1 Å². The molecular formula is C12H13F2N. The Morgan fingerprint density at radius 1 is 1.20 bits per heavy atom. The van der Waals surface area contributed by atoms with Gasteiger partial charge < -0.3 is 0 Å². The maximum atomic E-state index is 13.4. The zero-order valence-electron chi connectivity index (χ0n) is 9.01. The molecule has 0 bridgehead atoms. The van der Waals surface area contributed by atoms with Crippen LogP contribution in [0.5, 0.6) is 0 Å². The van der Waals surface area contributed by atoms with E-state index in [0.717, 1.165) is 0 Å². The predicted octanol–water partition coefficient (Wildman–Crippen LogP) is 3.85. The molecule has 1 aromatic carbocycles. The van der Waals surface area contributed by atoms with Crippen LogP contribution < -0.4 is 0 Å². The molecule has 1 aromatic heterocycles. The second kappa shape index (κ2) is 4.82. The molecule has 2 aromatic rings. The summed E-state index contributed by atoms with van der Waals surface area (Å²) in [5, 5.41) is 0.489.